The Morgan fingerprint density at radius 1 is 1.82 bits per heavy atom. The third kappa shape index (κ3) is 2.28. The zero-order valence-electron chi connectivity index (χ0n) is 6.22. The van der Waals surface area contributed by atoms with Crippen molar-refractivity contribution < 1.29 is 4.79 Å². The van der Waals surface area contributed by atoms with Crippen LogP contribution in [0.15, 0.2) is 0 Å². The summed E-state index contributed by atoms with van der Waals surface area (Å²) in [6, 6.07) is 0.450. The van der Waals surface area contributed by atoms with Crippen LogP contribution in [0.5, 0.6) is 0 Å². The average Bonchev–Trinajstić information content (AvgIpc) is 2.50. The van der Waals surface area contributed by atoms with E-state index in [2.05, 4.69) is 26.4 Å². The van der Waals surface area contributed by atoms with E-state index >= 15 is 0 Å². The van der Waals surface area contributed by atoms with Crippen LogP contribution in [0.4, 0.5) is 0 Å². The van der Waals surface area contributed by atoms with E-state index in [1.165, 1.54) is 0 Å². The molecule has 0 radical (unpaired) electrons. The molecule has 3 N–H and O–H groups in total. The Hall–Kier alpha value is 0.120. The Balaban J connectivity index is 2.35. The third-order valence-corrected chi connectivity index (χ3v) is 2.75. The standard InChI is InChI=1S/C6H12IN3O/c7-9-5-1-2-10(4-5)6(11)3-8/h5,9H,1-4,8H2/t5-/m0/s1. The van der Waals surface area contributed by atoms with Gasteiger partial charge < -0.3 is 10.6 Å². The molecular weight excluding hydrogens is 257 g/mol. The van der Waals surface area contributed by atoms with Gasteiger partial charge in [0, 0.05) is 42.0 Å². The Bertz CT molecular complexity index is 153. The molecule has 5 heteroatoms. The van der Waals surface area contributed by atoms with E-state index in [0.717, 1.165) is 19.5 Å². The third-order valence-electron chi connectivity index (χ3n) is 1.87. The van der Waals surface area contributed by atoms with Crippen molar-refractivity contribution in [2.75, 3.05) is 19.6 Å². The lowest BCUT2D eigenvalue weighted by atomic mass is 10.3. The van der Waals surface area contributed by atoms with Gasteiger partial charge in [0.2, 0.25) is 5.91 Å². The van der Waals surface area contributed by atoms with E-state index < -0.39 is 0 Å². The van der Waals surface area contributed by atoms with E-state index in [4.69, 9.17) is 5.73 Å². The molecule has 1 saturated heterocycles. The maximum Gasteiger partial charge on any atom is 0.236 e. The molecule has 0 unspecified atom stereocenters. The molecule has 0 spiro atoms. The molecule has 0 aromatic rings. The highest BCUT2D eigenvalue weighted by molar-refractivity contribution is 14.1. The van der Waals surface area contributed by atoms with Crippen LogP contribution in [-0.2, 0) is 4.79 Å². The fourth-order valence-electron chi connectivity index (χ4n) is 1.20. The van der Waals surface area contributed by atoms with E-state index in [0.29, 0.717) is 6.04 Å². The van der Waals surface area contributed by atoms with Crippen LogP contribution in [0.2, 0.25) is 0 Å². The zero-order chi connectivity index (χ0) is 8.27. The van der Waals surface area contributed by atoms with Crippen LogP contribution in [0.25, 0.3) is 0 Å². The highest BCUT2D eigenvalue weighted by Gasteiger charge is 2.23. The first-order chi connectivity index (χ1) is 5.27. The van der Waals surface area contributed by atoms with Crippen molar-refractivity contribution in [3.63, 3.8) is 0 Å². The molecule has 4 nitrogen and oxygen atoms in total. The lowest BCUT2D eigenvalue weighted by molar-refractivity contribution is -0.128. The normalized spacial score (nSPS) is 24.2. The van der Waals surface area contributed by atoms with Crippen molar-refractivity contribution in [2.45, 2.75) is 12.5 Å². The van der Waals surface area contributed by atoms with Gasteiger partial charge in [0.15, 0.2) is 0 Å². The quantitative estimate of drug-likeness (QED) is 0.524. The second-order valence-electron chi connectivity index (χ2n) is 2.64. The number of nitrogens with one attached hydrogen (secondary N) is 1. The van der Waals surface area contributed by atoms with Gasteiger partial charge in [-0.25, -0.2) is 0 Å². The molecule has 1 rings (SSSR count). The molecule has 0 bridgehead atoms. The molecule has 64 valence electrons. The number of hydrogen-bond donors (Lipinski definition) is 2. The van der Waals surface area contributed by atoms with Crippen molar-refractivity contribution in [1.82, 2.24) is 8.43 Å². The first kappa shape index (κ1) is 9.21. The zero-order valence-corrected chi connectivity index (χ0v) is 8.37. The van der Waals surface area contributed by atoms with Crippen molar-refractivity contribution >= 4 is 28.8 Å². The molecular formula is C6H12IN3O. The van der Waals surface area contributed by atoms with E-state index in [1.807, 2.05) is 0 Å². The van der Waals surface area contributed by atoms with E-state index in [-0.39, 0.29) is 12.5 Å². The summed E-state index contributed by atoms with van der Waals surface area (Å²) in [4.78, 5) is 12.8. The lowest BCUT2D eigenvalue weighted by Crippen LogP contribution is -2.36. The van der Waals surface area contributed by atoms with Gasteiger partial charge in [-0.3, -0.25) is 8.32 Å². The summed E-state index contributed by atoms with van der Waals surface area (Å²) in [5, 5.41) is 0. The highest BCUT2D eigenvalue weighted by Crippen LogP contribution is 2.09. The highest BCUT2D eigenvalue weighted by atomic mass is 127. The Labute approximate surface area is 80.0 Å². The summed E-state index contributed by atoms with van der Waals surface area (Å²) in [5.74, 6) is 0.0548. The number of rotatable bonds is 2. The molecule has 1 amide bonds. The summed E-state index contributed by atoms with van der Waals surface area (Å²) >= 11 is 2.12. The second-order valence-corrected chi connectivity index (χ2v) is 3.26. The van der Waals surface area contributed by atoms with Crippen molar-refractivity contribution in [3.8, 4) is 0 Å². The van der Waals surface area contributed by atoms with E-state index in [1.54, 1.807) is 4.90 Å². The van der Waals surface area contributed by atoms with Gasteiger partial charge in [0.25, 0.3) is 0 Å². The number of nitrogens with two attached hydrogens (primary N) is 1. The molecule has 1 aliphatic rings. The fourth-order valence-corrected chi connectivity index (χ4v) is 1.71. The minimum absolute atomic E-state index is 0.0548. The number of nitrogens with zero attached hydrogens (tertiary/aromatic N) is 1. The van der Waals surface area contributed by atoms with Gasteiger partial charge in [-0.15, -0.1) is 0 Å². The summed E-state index contributed by atoms with van der Waals surface area (Å²) in [6.07, 6.45) is 1.04. The topological polar surface area (TPSA) is 58.4 Å². The number of likely N-dealkylation sites (tertiary alicyclic amines) is 1. The maximum atomic E-state index is 11.0. The number of halogens is 1. The van der Waals surface area contributed by atoms with Gasteiger partial charge in [-0.05, 0) is 6.42 Å². The van der Waals surface area contributed by atoms with Gasteiger partial charge in [0.05, 0.1) is 6.54 Å². The van der Waals surface area contributed by atoms with Gasteiger partial charge in [0.1, 0.15) is 0 Å². The molecule has 0 aliphatic carbocycles. The summed E-state index contributed by atoms with van der Waals surface area (Å²) in [6.45, 7) is 1.78. The summed E-state index contributed by atoms with van der Waals surface area (Å²) in [7, 11) is 0. The maximum absolute atomic E-state index is 11.0. The first-order valence-electron chi connectivity index (χ1n) is 3.62. The van der Waals surface area contributed by atoms with Gasteiger partial charge >= 0.3 is 0 Å². The molecule has 0 aromatic heterocycles. The van der Waals surface area contributed by atoms with Gasteiger partial charge in [-0.2, -0.15) is 0 Å². The summed E-state index contributed by atoms with van der Waals surface area (Å²) in [5.41, 5.74) is 5.23. The lowest BCUT2D eigenvalue weighted by Gasteiger charge is -2.14. The average molecular weight is 269 g/mol. The molecule has 1 atom stereocenters. The Morgan fingerprint density at radius 2 is 2.55 bits per heavy atom. The van der Waals surface area contributed by atoms with Gasteiger partial charge in [-0.1, -0.05) is 0 Å². The van der Waals surface area contributed by atoms with Crippen LogP contribution < -0.4 is 9.26 Å². The molecule has 11 heavy (non-hydrogen) atoms. The van der Waals surface area contributed by atoms with Crippen LogP contribution >= 0.6 is 22.9 Å². The monoisotopic (exact) mass is 269 g/mol. The van der Waals surface area contributed by atoms with Crippen molar-refractivity contribution in [2.24, 2.45) is 5.73 Å². The van der Waals surface area contributed by atoms with Crippen molar-refractivity contribution in [3.05, 3.63) is 0 Å². The van der Waals surface area contributed by atoms with Crippen LogP contribution in [0, 0.1) is 0 Å². The van der Waals surface area contributed by atoms with Crippen LogP contribution in [0.1, 0.15) is 6.42 Å². The Kier molecular flexibility index (Phi) is 3.53. The SMILES string of the molecule is NCC(=O)N1CC[C@H](NI)C1. The molecule has 0 saturated carbocycles. The molecule has 1 fully saturated rings. The number of carbonyl (C=O) groups excluding carboxylic acids is 1. The first-order valence-corrected chi connectivity index (χ1v) is 4.69. The molecule has 0 aromatic carbocycles. The largest absolute Gasteiger partial charge is 0.340 e. The number of hydrogen-bond acceptors (Lipinski definition) is 3. The molecule has 1 heterocycles. The minimum Gasteiger partial charge on any atom is -0.340 e. The smallest absolute Gasteiger partial charge is 0.236 e. The van der Waals surface area contributed by atoms with E-state index in [9.17, 15) is 4.79 Å². The second kappa shape index (κ2) is 4.22. The summed E-state index contributed by atoms with van der Waals surface area (Å²) < 4.78 is 3.11. The fraction of sp³-hybridized carbons (Fsp3) is 0.833. The van der Waals surface area contributed by atoms with Crippen LogP contribution in [-0.4, -0.2) is 36.5 Å². The predicted molar refractivity (Wildman–Crippen MR) is 51.2 cm³/mol. The number of carbonyl (C=O) groups is 1. The predicted octanol–water partition coefficient (Wildman–Crippen LogP) is -0.514. The van der Waals surface area contributed by atoms with Crippen molar-refractivity contribution in [1.29, 1.82) is 0 Å². The minimum atomic E-state index is 0.0548. The number of amides is 1. The Morgan fingerprint density at radius 3 is 3.00 bits per heavy atom. The molecule has 1 aliphatic heterocycles. The van der Waals surface area contributed by atoms with Crippen LogP contribution in [0.3, 0.4) is 0 Å².